The number of carboxylic acids is 1. The van der Waals surface area contributed by atoms with Gasteiger partial charge in [0.2, 0.25) is 5.43 Å². The van der Waals surface area contributed by atoms with Gasteiger partial charge in [-0.3, -0.25) is 4.79 Å². The minimum absolute atomic E-state index is 0.0455. The highest BCUT2D eigenvalue weighted by molar-refractivity contribution is 5.99. The monoisotopic (exact) mass is 540 g/mol. The van der Waals surface area contributed by atoms with E-state index in [1.807, 2.05) is 9.80 Å². The molecule has 1 aromatic heterocycles. The van der Waals surface area contributed by atoms with Gasteiger partial charge in [0, 0.05) is 63.0 Å². The van der Waals surface area contributed by atoms with Crippen molar-refractivity contribution in [1.82, 2.24) is 4.57 Å². The summed E-state index contributed by atoms with van der Waals surface area (Å²) in [6.07, 6.45) is 2.29. The third-order valence-corrected chi connectivity index (χ3v) is 7.33. The molecular formula is C28H30F2N4O5. The number of piperazine rings is 1. The van der Waals surface area contributed by atoms with E-state index in [1.165, 1.54) is 19.4 Å². The number of benzene rings is 2. The highest BCUT2D eigenvalue weighted by atomic mass is 19.1. The number of anilines is 2. The number of aliphatic hydroxyl groups is 1. The van der Waals surface area contributed by atoms with E-state index in [0.717, 1.165) is 18.9 Å². The van der Waals surface area contributed by atoms with E-state index in [0.29, 0.717) is 48.6 Å². The summed E-state index contributed by atoms with van der Waals surface area (Å²) >= 11 is 0. The zero-order chi connectivity index (χ0) is 27.8. The van der Waals surface area contributed by atoms with E-state index in [1.54, 1.807) is 22.8 Å². The maximum Gasteiger partial charge on any atom is 0.341 e. The molecule has 1 aliphatic carbocycles. The van der Waals surface area contributed by atoms with Crippen LogP contribution in [0.1, 0.15) is 41.2 Å². The van der Waals surface area contributed by atoms with Gasteiger partial charge in [0.25, 0.3) is 0 Å². The van der Waals surface area contributed by atoms with Gasteiger partial charge in [-0.1, -0.05) is 6.07 Å². The van der Waals surface area contributed by atoms with Crippen molar-refractivity contribution >= 4 is 34.0 Å². The first-order valence-electron chi connectivity index (χ1n) is 12.8. The fourth-order valence-electron chi connectivity index (χ4n) is 5.15. The van der Waals surface area contributed by atoms with Crippen LogP contribution in [0.3, 0.4) is 0 Å². The Hall–Kier alpha value is -3.83. The van der Waals surface area contributed by atoms with Gasteiger partial charge in [0.1, 0.15) is 17.2 Å². The summed E-state index contributed by atoms with van der Waals surface area (Å²) in [4.78, 5) is 28.0. The number of aromatic carboxylic acids is 1. The quantitative estimate of drug-likeness (QED) is 0.356. The van der Waals surface area contributed by atoms with Crippen LogP contribution >= 0.6 is 0 Å². The third-order valence-electron chi connectivity index (χ3n) is 7.33. The van der Waals surface area contributed by atoms with Crippen molar-refractivity contribution in [2.45, 2.75) is 31.4 Å². The molecule has 1 atom stereocenters. The molecule has 3 aromatic rings. The summed E-state index contributed by atoms with van der Waals surface area (Å²) in [5.41, 5.74) is 0.627. The number of nitrogens with zero attached hydrogens (tertiary/aromatic N) is 3. The van der Waals surface area contributed by atoms with Gasteiger partial charge in [-0.2, -0.15) is 0 Å². The lowest BCUT2D eigenvalue weighted by atomic mass is 10.0. The summed E-state index contributed by atoms with van der Waals surface area (Å²) in [6.45, 7) is 1.75. The largest absolute Gasteiger partial charge is 0.477 e. The molecule has 1 aliphatic heterocycles. The van der Waals surface area contributed by atoms with E-state index >= 15 is 8.78 Å². The van der Waals surface area contributed by atoms with Crippen molar-refractivity contribution < 1.29 is 28.5 Å². The zero-order valence-electron chi connectivity index (χ0n) is 21.5. The Labute approximate surface area is 223 Å². The molecule has 1 unspecified atom stereocenters. The standard InChI is InChI=1S/C28H30F2N4O5/c1-39-15-18(35)11-23(31)16-2-5-24(21(29)10-16)32-6-8-33(9-7-32)26-13-25-19(12-22(26)30)27(36)20(28(37)38)14-34(25)17-3-4-17/h2,5,10,12-14,17-18,31,35H,3-4,6-9,11,15H2,1H3,(H,37,38). The molecule has 3 N–H and O–H groups in total. The molecule has 2 aromatic carbocycles. The van der Waals surface area contributed by atoms with Crippen molar-refractivity contribution in [2.75, 3.05) is 49.7 Å². The number of hydrogen-bond acceptors (Lipinski definition) is 7. The van der Waals surface area contributed by atoms with Gasteiger partial charge in [-0.25, -0.2) is 13.6 Å². The minimum atomic E-state index is -1.34. The highest BCUT2D eigenvalue weighted by Crippen LogP contribution is 2.38. The smallest absolute Gasteiger partial charge is 0.341 e. The molecule has 206 valence electrons. The van der Waals surface area contributed by atoms with Gasteiger partial charge in [0.15, 0.2) is 0 Å². The first-order chi connectivity index (χ1) is 18.7. The Morgan fingerprint density at radius 2 is 1.72 bits per heavy atom. The summed E-state index contributed by atoms with van der Waals surface area (Å²) in [7, 11) is 1.46. The average molecular weight is 541 g/mol. The van der Waals surface area contributed by atoms with Crippen molar-refractivity contribution in [3.63, 3.8) is 0 Å². The Morgan fingerprint density at radius 3 is 2.31 bits per heavy atom. The first kappa shape index (κ1) is 26.8. The minimum Gasteiger partial charge on any atom is -0.477 e. The number of ether oxygens (including phenoxy) is 1. The Balaban J connectivity index is 1.34. The summed E-state index contributed by atoms with van der Waals surface area (Å²) in [5, 5.41) is 27.5. The predicted octanol–water partition coefficient (Wildman–Crippen LogP) is 3.40. The number of aromatic nitrogens is 1. The molecule has 11 heteroatoms. The average Bonchev–Trinajstić information content (AvgIpc) is 3.74. The molecule has 2 heterocycles. The number of rotatable bonds is 9. The molecule has 0 spiro atoms. The molecule has 5 rings (SSSR count). The Morgan fingerprint density at radius 1 is 1.08 bits per heavy atom. The molecule has 0 amide bonds. The van der Waals surface area contributed by atoms with Crippen LogP contribution in [0, 0.1) is 17.0 Å². The lowest BCUT2D eigenvalue weighted by Gasteiger charge is -2.37. The summed E-state index contributed by atoms with van der Waals surface area (Å²) in [5.74, 6) is -2.42. The number of carbonyl (C=O) groups is 1. The number of fused-ring (bicyclic) bond motifs is 1. The topological polar surface area (TPSA) is 119 Å². The van der Waals surface area contributed by atoms with Crippen LogP contribution in [0.25, 0.3) is 10.9 Å². The van der Waals surface area contributed by atoms with Crippen LogP contribution in [0.4, 0.5) is 20.2 Å². The SMILES string of the molecule is COCC(O)CC(=N)c1ccc(N2CCN(c3cc4c(cc3F)c(=O)c(C(=O)O)cn4C3CC3)CC2)c(F)c1. The molecule has 0 radical (unpaired) electrons. The molecule has 1 saturated heterocycles. The van der Waals surface area contributed by atoms with Crippen LogP contribution in [0.15, 0.2) is 41.3 Å². The van der Waals surface area contributed by atoms with Gasteiger partial charge >= 0.3 is 5.97 Å². The second-order valence-electron chi connectivity index (χ2n) is 10.1. The second-order valence-corrected chi connectivity index (χ2v) is 10.1. The predicted molar refractivity (Wildman–Crippen MR) is 144 cm³/mol. The molecule has 0 bridgehead atoms. The maximum atomic E-state index is 15.3. The summed E-state index contributed by atoms with van der Waals surface area (Å²) in [6, 6.07) is 7.37. The molecule has 9 nitrogen and oxygen atoms in total. The van der Waals surface area contributed by atoms with Crippen molar-refractivity contribution in [3.8, 4) is 0 Å². The third kappa shape index (κ3) is 5.37. The fraction of sp³-hybridized carbons (Fsp3) is 0.393. The van der Waals surface area contributed by atoms with E-state index in [9.17, 15) is 19.8 Å². The summed E-state index contributed by atoms with van der Waals surface area (Å²) < 4.78 is 36.9. The molecule has 2 fully saturated rings. The molecule has 1 saturated carbocycles. The lowest BCUT2D eigenvalue weighted by molar-refractivity contribution is 0.0690. The fourth-order valence-corrected chi connectivity index (χ4v) is 5.15. The number of aliphatic hydroxyl groups excluding tert-OH is 1. The maximum absolute atomic E-state index is 15.3. The van der Waals surface area contributed by atoms with Gasteiger partial charge in [-0.15, -0.1) is 0 Å². The van der Waals surface area contributed by atoms with Crippen LogP contribution < -0.4 is 15.2 Å². The van der Waals surface area contributed by atoms with Crippen LogP contribution in [0.5, 0.6) is 0 Å². The van der Waals surface area contributed by atoms with Crippen molar-refractivity contribution in [3.05, 3.63) is 69.5 Å². The number of carboxylic acid groups (broad SMARTS) is 1. The Bertz CT molecular complexity index is 1500. The van der Waals surface area contributed by atoms with Crippen LogP contribution in [-0.2, 0) is 4.74 Å². The molecule has 39 heavy (non-hydrogen) atoms. The van der Waals surface area contributed by atoms with Crippen LogP contribution in [-0.4, -0.2) is 72.5 Å². The normalized spacial score (nSPS) is 16.5. The van der Waals surface area contributed by atoms with Gasteiger partial charge < -0.3 is 34.7 Å². The lowest BCUT2D eigenvalue weighted by Crippen LogP contribution is -2.47. The van der Waals surface area contributed by atoms with Gasteiger partial charge in [-0.05, 0) is 42.7 Å². The molecule has 2 aliphatic rings. The second kappa shape index (κ2) is 10.7. The number of hydrogen-bond donors (Lipinski definition) is 3. The van der Waals surface area contributed by atoms with E-state index in [-0.39, 0.29) is 35.7 Å². The Kier molecular flexibility index (Phi) is 7.37. The molecular weight excluding hydrogens is 510 g/mol. The van der Waals surface area contributed by atoms with Crippen molar-refractivity contribution in [2.24, 2.45) is 0 Å². The van der Waals surface area contributed by atoms with Crippen LogP contribution in [0.2, 0.25) is 0 Å². The van der Waals surface area contributed by atoms with E-state index in [4.69, 9.17) is 10.1 Å². The first-order valence-corrected chi connectivity index (χ1v) is 12.8. The number of pyridine rings is 1. The van der Waals surface area contributed by atoms with E-state index in [2.05, 4.69) is 0 Å². The number of halogens is 2. The number of methoxy groups -OCH3 is 1. The van der Waals surface area contributed by atoms with Crippen molar-refractivity contribution in [1.29, 1.82) is 5.41 Å². The van der Waals surface area contributed by atoms with E-state index < -0.39 is 29.1 Å². The zero-order valence-corrected chi connectivity index (χ0v) is 21.5. The number of nitrogens with one attached hydrogen (secondary N) is 1. The highest BCUT2D eigenvalue weighted by Gasteiger charge is 2.29. The van der Waals surface area contributed by atoms with Gasteiger partial charge in [0.05, 0.1) is 29.6 Å².